The van der Waals surface area contributed by atoms with Crippen LogP contribution in [0, 0.1) is 5.41 Å². The fraction of sp³-hybridized carbons (Fsp3) is 0.500. The molecule has 0 saturated carbocycles. The van der Waals surface area contributed by atoms with E-state index in [1.165, 1.54) is 0 Å². The summed E-state index contributed by atoms with van der Waals surface area (Å²) in [6.07, 6.45) is 2.18. The van der Waals surface area contributed by atoms with E-state index < -0.39 is 0 Å². The van der Waals surface area contributed by atoms with Crippen molar-refractivity contribution in [1.82, 2.24) is 9.88 Å². The number of aliphatic hydroxyl groups is 1. The Morgan fingerprint density at radius 1 is 1.39 bits per heavy atom. The van der Waals surface area contributed by atoms with Crippen LogP contribution in [0.2, 0.25) is 0 Å². The second-order valence-corrected chi connectivity index (χ2v) is 6.67. The van der Waals surface area contributed by atoms with Gasteiger partial charge in [0.15, 0.2) is 0 Å². The van der Waals surface area contributed by atoms with E-state index in [1.807, 2.05) is 45.2 Å². The molecule has 0 saturated heterocycles. The van der Waals surface area contributed by atoms with E-state index in [4.69, 9.17) is 4.74 Å². The minimum absolute atomic E-state index is 0.0266. The highest BCUT2D eigenvalue weighted by molar-refractivity contribution is 5.93. The first-order valence-corrected chi connectivity index (χ1v) is 7.94. The molecular weight excluding hydrogens is 292 g/mol. The predicted octanol–water partition coefficient (Wildman–Crippen LogP) is 2.59. The number of ether oxygens (including phenoxy) is 1. The smallest absolute Gasteiger partial charge is 0.226 e. The van der Waals surface area contributed by atoms with Crippen LogP contribution >= 0.6 is 0 Å². The maximum atomic E-state index is 12.5. The molecule has 0 bridgehead atoms. The number of nitrogens with one attached hydrogen (secondary N) is 1. The number of nitrogens with zero attached hydrogens (tertiary/aromatic N) is 1. The van der Waals surface area contributed by atoms with Gasteiger partial charge in [-0.2, -0.15) is 0 Å². The van der Waals surface area contributed by atoms with E-state index in [0.717, 1.165) is 22.2 Å². The fourth-order valence-electron chi connectivity index (χ4n) is 2.71. The Morgan fingerprint density at radius 3 is 2.78 bits per heavy atom. The first-order valence-electron chi connectivity index (χ1n) is 7.94. The zero-order chi connectivity index (χ0) is 17.0. The highest BCUT2D eigenvalue weighted by Gasteiger charge is 2.22. The van der Waals surface area contributed by atoms with Crippen molar-refractivity contribution in [2.24, 2.45) is 5.41 Å². The molecular formula is C18H26N2O3. The second kappa shape index (κ2) is 7.04. The fourth-order valence-corrected chi connectivity index (χ4v) is 2.71. The Labute approximate surface area is 137 Å². The van der Waals surface area contributed by atoms with E-state index in [2.05, 4.69) is 4.98 Å². The van der Waals surface area contributed by atoms with Crippen LogP contribution in [0.1, 0.15) is 26.3 Å². The van der Waals surface area contributed by atoms with Crippen molar-refractivity contribution in [1.29, 1.82) is 0 Å². The van der Waals surface area contributed by atoms with Crippen molar-refractivity contribution in [3.63, 3.8) is 0 Å². The number of H-pyrrole nitrogens is 1. The van der Waals surface area contributed by atoms with Gasteiger partial charge < -0.3 is 19.7 Å². The van der Waals surface area contributed by atoms with Gasteiger partial charge in [-0.15, -0.1) is 0 Å². The van der Waals surface area contributed by atoms with Gasteiger partial charge in [-0.1, -0.05) is 19.9 Å². The monoisotopic (exact) mass is 318 g/mol. The summed E-state index contributed by atoms with van der Waals surface area (Å²) in [6.45, 7) is 6.98. The summed E-state index contributed by atoms with van der Waals surface area (Å²) in [5.41, 5.74) is 1.60. The number of hydrogen-bond donors (Lipinski definition) is 2. The molecule has 5 heteroatoms. The molecule has 2 N–H and O–H groups in total. The third-order valence-corrected chi connectivity index (χ3v) is 3.91. The van der Waals surface area contributed by atoms with E-state index in [0.29, 0.717) is 19.6 Å². The number of aromatic nitrogens is 1. The predicted molar refractivity (Wildman–Crippen MR) is 91.7 cm³/mol. The molecule has 0 aliphatic rings. The Bertz CT molecular complexity index is 676. The molecule has 5 nitrogen and oxygen atoms in total. The SMILES string of the molecule is CCOc1cccc2[nH]cc(CC(=O)N(C)CC(C)(C)CO)c12. The van der Waals surface area contributed by atoms with Gasteiger partial charge in [-0.25, -0.2) is 0 Å². The zero-order valence-electron chi connectivity index (χ0n) is 14.3. The van der Waals surface area contributed by atoms with Gasteiger partial charge in [0.05, 0.1) is 13.0 Å². The zero-order valence-corrected chi connectivity index (χ0v) is 14.3. The number of carbonyl (C=O) groups is 1. The minimum atomic E-state index is -0.304. The van der Waals surface area contributed by atoms with Crippen LogP contribution in [0.5, 0.6) is 5.75 Å². The highest BCUT2D eigenvalue weighted by Crippen LogP contribution is 2.29. The summed E-state index contributed by atoms with van der Waals surface area (Å²) in [6, 6.07) is 5.84. The van der Waals surface area contributed by atoms with E-state index in [-0.39, 0.29) is 17.9 Å². The van der Waals surface area contributed by atoms with Gasteiger partial charge in [-0.05, 0) is 24.6 Å². The number of rotatable bonds is 7. The maximum absolute atomic E-state index is 12.5. The van der Waals surface area contributed by atoms with E-state index in [1.54, 1.807) is 11.9 Å². The molecule has 1 heterocycles. The van der Waals surface area contributed by atoms with Crippen molar-refractivity contribution in [3.05, 3.63) is 30.0 Å². The van der Waals surface area contributed by atoms with Crippen LogP contribution in [-0.4, -0.2) is 47.7 Å². The molecule has 23 heavy (non-hydrogen) atoms. The molecule has 0 aliphatic heterocycles. The van der Waals surface area contributed by atoms with E-state index in [9.17, 15) is 9.90 Å². The molecule has 0 unspecified atom stereocenters. The molecule has 0 spiro atoms. The van der Waals surface area contributed by atoms with Crippen molar-refractivity contribution in [2.75, 3.05) is 26.8 Å². The number of likely N-dealkylation sites (N-methyl/N-ethyl adjacent to an activating group) is 1. The lowest BCUT2D eigenvalue weighted by Gasteiger charge is -2.28. The molecule has 126 valence electrons. The van der Waals surface area contributed by atoms with Crippen LogP contribution in [0.25, 0.3) is 10.9 Å². The number of carbonyl (C=O) groups excluding carboxylic acids is 1. The molecule has 0 fully saturated rings. The Balaban J connectivity index is 2.20. The lowest BCUT2D eigenvalue weighted by molar-refractivity contribution is -0.130. The number of benzene rings is 1. The van der Waals surface area contributed by atoms with E-state index >= 15 is 0 Å². The molecule has 1 aromatic carbocycles. The van der Waals surface area contributed by atoms with Crippen molar-refractivity contribution >= 4 is 16.8 Å². The largest absolute Gasteiger partial charge is 0.493 e. The van der Waals surface area contributed by atoms with Gasteiger partial charge in [-0.3, -0.25) is 4.79 Å². The molecule has 0 aliphatic carbocycles. The highest BCUT2D eigenvalue weighted by atomic mass is 16.5. The summed E-state index contributed by atoms with van der Waals surface area (Å²) in [7, 11) is 1.78. The van der Waals surface area contributed by atoms with Crippen molar-refractivity contribution in [3.8, 4) is 5.75 Å². The molecule has 0 radical (unpaired) electrons. The number of aliphatic hydroxyl groups excluding tert-OH is 1. The summed E-state index contributed by atoms with van der Waals surface area (Å²) in [5.74, 6) is 0.825. The van der Waals surface area contributed by atoms with Gasteiger partial charge in [0.2, 0.25) is 5.91 Å². The molecule has 2 aromatic rings. The average molecular weight is 318 g/mol. The van der Waals surface area contributed by atoms with Crippen LogP contribution in [0.3, 0.4) is 0 Å². The summed E-state index contributed by atoms with van der Waals surface area (Å²) in [4.78, 5) is 17.4. The van der Waals surface area contributed by atoms with Crippen molar-refractivity contribution in [2.45, 2.75) is 27.2 Å². The summed E-state index contributed by atoms with van der Waals surface area (Å²) >= 11 is 0. The Morgan fingerprint density at radius 2 is 2.13 bits per heavy atom. The quantitative estimate of drug-likeness (QED) is 0.824. The van der Waals surface area contributed by atoms with Gasteiger partial charge in [0.1, 0.15) is 5.75 Å². The lowest BCUT2D eigenvalue weighted by atomic mass is 9.94. The minimum Gasteiger partial charge on any atom is -0.493 e. The van der Waals surface area contributed by atoms with Crippen LogP contribution in [0.4, 0.5) is 0 Å². The van der Waals surface area contributed by atoms with Gasteiger partial charge in [0.25, 0.3) is 0 Å². The topological polar surface area (TPSA) is 65.6 Å². The third kappa shape index (κ3) is 4.05. The standard InChI is InChI=1S/C18H26N2O3/c1-5-23-15-8-6-7-14-17(15)13(10-19-14)9-16(22)20(4)11-18(2,3)12-21/h6-8,10,19,21H,5,9,11-12H2,1-4H3. The molecule has 2 rings (SSSR count). The molecule has 1 aromatic heterocycles. The molecule has 1 amide bonds. The maximum Gasteiger partial charge on any atom is 0.226 e. The number of amides is 1. The second-order valence-electron chi connectivity index (χ2n) is 6.67. The van der Waals surface area contributed by atoms with Crippen LogP contribution in [0.15, 0.2) is 24.4 Å². The first kappa shape index (κ1) is 17.3. The average Bonchev–Trinajstić information content (AvgIpc) is 2.91. The van der Waals surface area contributed by atoms with Gasteiger partial charge >= 0.3 is 0 Å². The number of hydrogen-bond acceptors (Lipinski definition) is 3. The van der Waals surface area contributed by atoms with Crippen molar-refractivity contribution < 1.29 is 14.6 Å². The number of aromatic amines is 1. The summed E-state index contributed by atoms with van der Waals surface area (Å²) in [5, 5.41) is 10.3. The number of fused-ring (bicyclic) bond motifs is 1. The van der Waals surface area contributed by atoms with Crippen LogP contribution < -0.4 is 4.74 Å². The first-order chi connectivity index (χ1) is 10.9. The Hall–Kier alpha value is -2.01. The summed E-state index contributed by atoms with van der Waals surface area (Å²) < 4.78 is 5.68. The van der Waals surface area contributed by atoms with Crippen LogP contribution in [-0.2, 0) is 11.2 Å². The Kier molecular flexibility index (Phi) is 5.31. The third-order valence-electron chi connectivity index (χ3n) is 3.91. The molecule has 0 atom stereocenters. The normalized spacial score (nSPS) is 11.7. The lowest BCUT2D eigenvalue weighted by Crippen LogP contribution is -2.38. The van der Waals surface area contributed by atoms with Gasteiger partial charge in [0, 0.05) is 42.7 Å².